The number of nitrogens with one attached hydrogen (secondary N) is 4. The van der Waals surface area contributed by atoms with Gasteiger partial charge in [0.25, 0.3) is 0 Å². The van der Waals surface area contributed by atoms with Crippen LogP contribution in [0.5, 0.6) is 0 Å². The Labute approximate surface area is 221 Å². The first-order valence-electron chi connectivity index (χ1n) is 12.5. The number of carbonyl (C=O) groups is 2. The van der Waals surface area contributed by atoms with E-state index in [1.807, 2.05) is 49.1 Å². The van der Waals surface area contributed by atoms with Gasteiger partial charge < -0.3 is 26.2 Å². The molecule has 192 valence electrons. The molecule has 4 N–H and O–H groups in total. The second-order valence-corrected chi connectivity index (χ2v) is 10.1. The molecule has 6 bridgehead atoms. The summed E-state index contributed by atoms with van der Waals surface area (Å²) in [4.78, 5) is 35.8. The molecule has 3 aromatic rings. The van der Waals surface area contributed by atoms with Crippen molar-refractivity contribution in [1.29, 1.82) is 0 Å². The summed E-state index contributed by atoms with van der Waals surface area (Å²) in [6.45, 7) is 4.98. The fraction of sp³-hybridized carbons (Fsp3) is 0.333. The highest BCUT2D eigenvalue weighted by Gasteiger charge is 2.28. The van der Waals surface area contributed by atoms with Crippen LogP contribution in [0.4, 0.5) is 33.6 Å². The molecule has 1 aromatic heterocycles. The Kier molecular flexibility index (Phi) is 7.14. The van der Waals surface area contributed by atoms with Crippen LogP contribution in [-0.4, -0.2) is 45.9 Å². The van der Waals surface area contributed by atoms with Crippen molar-refractivity contribution in [2.75, 3.05) is 29.0 Å². The van der Waals surface area contributed by atoms with Gasteiger partial charge in [-0.2, -0.15) is 4.98 Å². The fourth-order valence-electron chi connectivity index (χ4n) is 4.65. The Balaban J connectivity index is 1.35. The molecule has 1 atom stereocenters. The summed E-state index contributed by atoms with van der Waals surface area (Å²) >= 11 is 6.36. The average molecular weight is 520 g/mol. The van der Waals surface area contributed by atoms with Crippen molar-refractivity contribution in [3.63, 3.8) is 0 Å². The van der Waals surface area contributed by atoms with Crippen LogP contribution < -0.4 is 21.3 Å². The topological polar surface area (TPSA) is 111 Å². The Morgan fingerprint density at radius 2 is 1.95 bits per heavy atom. The lowest BCUT2D eigenvalue weighted by Gasteiger charge is -2.19. The number of rotatable bonds is 3. The van der Waals surface area contributed by atoms with Gasteiger partial charge in [0.1, 0.15) is 5.02 Å². The summed E-state index contributed by atoms with van der Waals surface area (Å²) < 4.78 is 0. The smallest absolute Gasteiger partial charge is 0.319 e. The number of benzene rings is 2. The monoisotopic (exact) mass is 519 g/mol. The molecule has 1 fully saturated rings. The van der Waals surface area contributed by atoms with Crippen molar-refractivity contribution in [3.05, 3.63) is 64.8 Å². The number of hydrogen-bond acceptors (Lipinski definition) is 6. The second kappa shape index (κ2) is 10.6. The van der Waals surface area contributed by atoms with E-state index in [0.717, 1.165) is 41.0 Å². The zero-order valence-electron chi connectivity index (χ0n) is 20.8. The van der Waals surface area contributed by atoms with Crippen molar-refractivity contribution in [1.82, 2.24) is 20.2 Å². The Morgan fingerprint density at radius 1 is 1.11 bits per heavy atom. The van der Waals surface area contributed by atoms with Crippen LogP contribution in [0.15, 0.2) is 48.7 Å². The largest absolute Gasteiger partial charge is 0.340 e. The maximum absolute atomic E-state index is 12.9. The van der Waals surface area contributed by atoms with E-state index in [1.54, 1.807) is 6.20 Å². The van der Waals surface area contributed by atoms with E-state index < -0.39 is 0 Å². The molecular weight excluding hydrogens is 490 g/mol. The molecule has 3 heterocycles. The highest BCUT2D eigenvalue weighted by molar-refractivity contribution is 6.32. The van der Waals surface area contributed by atoms with Crippen LogP contribution in [0.3, 0.4) is 0 Å². The van der Waals surface area contributed by atoms with Crippen molar-refractivity contribution in [3.8, 4) is 0 Å². The lowest BCUT2D eigenvalue weighted by atomic mass is 10.0. The summed E-state index contributed by atoms with van der Waals surface area (Å²) in [6, 6.07) is 13.5. The zero-order chi connectivity index (χ0) is 25.9. The first-order valence-corrected chi connectivity index (χ1v) is 12.9. The number of aromatic nitrogens is 2. The van der Waals surface area contributed by atoms with E-state index in [0.29, 0.717) is 36.3 Å². The normalized spacial score (nSPS) is 16.5. The molecule has 2 aromatic carbocycles. The van der Waals surface area contributed by atoms with Gasteiger partial charge in [0.05, 0.1) is 6.20 Å². The van der Waals surface area contributed by atoms with Crippen LogP contribution in [0, 0.1) is 5.92 Å². The lowest BCUT2D eigenvalue weighted by Crippen LogP contribution is -2.41. The number of amides is 3. The fourth-order valence-corrected chi connectivity index (χ4v) is 4.79. The minimum Gasteiger partial charge on any atom is -0.340 e. The number of nitrogens with zero attached hydrogens (tertiary/aromatic N) is 3. The van der Waals surface area contributed by atoms with Crippen molar-refractivity contribution in [2.45, 2.75) is 39.2 Å². The van der Waals surface area contributed by atoms with Gasteiger partial charge in [0, 0.05) is 42.1 Å². The summed E-state index contributed by atoms with van der Waals surface area (Å²) in [5.41, 5.74) is 4.54. The van der Waals surface area contributed by atoms with Crippen LogP contribution >= 0.6 is 11.6 Å². The first kappa shape index (κ1) is 24.8. The minimum atomic E-state index is -0.279. The summed E-state index contributed by atoms with van der Waals surface area (Å²) in [6.07, 6.45) is 3.80. The summed E-state index contributed by atoms with van der Waals surface area (Å²) in [5.74, 6) is 1.00. The summed E-state index contributed by atoms with van der Waals surface area (Å²) in [7, 11) is 0. The number of fused-ring (bicyclic) bond motifs is 6. The van der Waals surface area contributed by atoms with Gasteiger partial charge >= 0.3 is 6.03 Å². The molecule has 9 nitrogen and oxygen atoms in total. The van der Waals surface area contributed by atoms with Crippen LogP contribution in [0.2, 0.25) is 5.02 Å². The molecule has 37 heavy (non-hydrogen) atoms. The van der Waals surface area contributed by atoms with Crippen LogP contribution in [-0.2, 0) is 17.6 Å². The third-order valence-corrected chi connectivity index (χ3v) is 6.83. The standard InChI is InChI=1S/C27H30ClN7O2/c1-16(2)25(36)35-11-10-21(15-35)32-27(37)33-23-9-8-20-13-18(23)7-6-17-4-3-5-19(12-17)31-26-29-14-22(28)24(30-20)34-26/h3-5,8-9,12-14,16,21H,6-7,10-11,15H2,1-2H3,(H2,32,33,37)(H2,29,30,31,34)/t21-/m0/s1. The highest BCUT2D eigenvalue weighted by Crippen LogP contribution is 2.29. The predicted octanol–water partition coefficient (Wildman–Crippen LogP) is 5.09. The number of aryl methyl sites for hydroxylation is 2. The Morgan fingerprint density at radius 3 is 2.78 bits per heavy atom. The van der Waals surface area contributed by atoms with Crippen molar-refractivity contribution >= 4 is 52.4 Å². The van der Waals surface area contributed by atoms with Crippen LogP contribution in [0.1, 0.15) is 31.4 Å². The van der Waals surface area contributed by atoms with E-state index in [4.69, 9.17) is 11.6 Å². The molecule has 0 unspecified atom stereocenters. The van der Waals surface area contributed by atoms with Gasteiger partial charge in [-0.15, -0.1) is 0 Å². The van der Waals surface area contributed by atoms with Crippen molar-refractivity contribution < 1.29 is 9.59 Å². The van der Waals surface area contributed by atoms with Gasteiger partial charge in [-0.05, 0) is 60.7 Å². The zero-order valence-corrected chi connectivity index (χ0v) is 21.6. The van der Waals surface area contributed by atoms with Gasteiger partial charge in [-0.3, -0.25) is 4.79 Å². The van der Waals surface area contributed by atoms with E-state index in [-0.39, 0.29) is 23.9 Å². The SMILES string of the molecule is CC(C)C(=O)N1CC[C@H](NC(=O)Nc2ccc3cc2CCc2cccc(c2)Nc2ncc(Cl)c(n2)N3)C1. The number of anilines is 5. The molecule has 2 aliphatic heterocycles. The molecule has 0 saturated carbocycles. The van der Waals surface area contributed by atoms with Crippen LogP contribution in [0.25, 0.3) is 0 Å². The molecule has 2 aliphatic rings. The lowest BCUT2D eigenvalue weighted by molar-refractivity contribution is -0.133. The van der Waals surface area contributed by atoms with E-state index in [2.05, 4.69) is 43.4 Å². The van der Waals surface area contributed by atoms with Crippen molar-refractivity contribution in [2.24, 2.45) is 5.92 Å². The highest BCUT2D eigenvalue weighted by atomic mass is 35.5. The number of halogens is 1. The molecular formula is C27H30ClN7O2. The quantitative estimate of drug-likeness (QED) is 0.383. The number of urea groups is 1. The first-order chi connectivity index (χ1) is 17.8. The third kappa shape index (κ3) is 5.94. The second-order valence-electron chi connectivity index (χ2n) is 9.74. The molecule has 3 amide bonds. The maximum atomic E-state index is 12.9. The van der Waals surface area contributed by atoms with Gasteiger partial charge in [-0.1, -0.05) is 37.6 Å². The Hall–Kier alpha value is -3.85. The molecule has 1 saturated heterocycles. The number of likely N-dealkylation sites (tertiary alicyclic amines) is 1. The van der Waals surface area contributed by atoms with E-state index in [1.165, 1.54) is 0 Å². The predicted molar refractivity (Wildman–Crippen MR) is 146 cm³/mol. The molecule has 5 rings (SSSR count). The molecule has 0 spiro atoms. The number of hydrogen-bond donors (Lipinski definition) is 4. The average Bonchev–Trinajstić information content (AvgIpc) is 3.33. The Bertz CT molecular complexity index is 1330. The van der Waals surface area contributed by atoms with Gasteiger partial charge in [-0.25, -0.2) is 9.78 Å². The minimum absolute atomic E-state index is 0.0489. The summed E-state index contributed by atoms with van der Waals surface area (Å²) in [5, 5.41) is 13.0. The maximum Gasteiger partial charge on any atom is 0.319 e. The van der Waals surface area contributed by atoms with Gasteiger partial charge in [0.2, 0.25) is 11.9 Å². The molecule has 0 radical (unpaired) electrons. The van der Waals surface area contributed by atoms with E-state index in [9.17, 15) is 9.59 Å². The molecule has 0 aliphatic carbocycles. The third-order valence-electron chi connectivity index (χ3n) is 6.56. The van der Waals surface area contributed by atoms with E-state index >= 15 is 0 Å². The number of carbonyl (C=O) groups excluding carboxylic acids is 2. The molecule has 10 heteroatoms. The van der Waals surface area contributed by atoms with Gasteiger partial charge in [0.15, 0.2) is 5.82 Å².